The van der Waals surface area contributed by atoms with E-state index in [9.17, 15) is 0 Å². The van der Waals surface area contributed by atoms with Crippen LogP contribution in [-0.4, -0.2) is 16.7 Å². The van der Waals surface area contributed by atoms with E-state index in [1.807, 2.05) is 5.38 Å². The molecule has 0 aliphatic heterocycles. The van der Waals surface area contributed by atoms with Crippen LogP contribution in [0.1, 0.15) is 5.69 Å². The maximum Gasteiger partial charge on any atom is 0.188 e. The van der Waals surface area contributed by atoms with Crippen molar-refractivity contribution < 1.29 is 4.52 Å². The van der Waals surface area contributed by atoms with Gasteiger partial charge in [0.1, 0.15) is 6.26 Å². The van der Waals surface area contributed by atoms with Crippen molar-refractivity contribution >= 4 is 22.3 Å². The minimum absolute atomic E-state index is 0.618. The first kappa shape index (κ1) is 9.17. The van der Waals surface area contributed by atoms with Crippen LogP contribution in [0.3, 0.4) is 0 Å². The second-order valence-corrected chi connectivity index (χ2v) is 3.55. The van der Waals surface area contributed by atoms with Gasteiger partial charge in [-0.15, -0.1) is 11.3 Å². The summed E-state index contributed by atoms with van der Waals surface area (Å²) >= 11 is 1.53. The molecule has 74 valence electrons. The van der Waals surface area contributed by atoms with Gasteiger partial charge in [-0.05, 0) is 6.54 Å². The summed E-state index contributed by atoms with van der Waals surface area (Å²) in [5.41, 5.74) is 6.43. The maximum atomic E-state index is 5.42. The Morgan fingerprint density at radius 3 is 3.21 bits per heavy atom. The Kier molecular flexibility index (Phi) is 2.76. The van der Waals surface area contributed by atoms with Crippen LogP contribution in [0.4, 0.5) is 10.9 Å². The van der Waals surface area contributed by atoms with Crippen molar-refractivity contribution in [3.05, 3.63) is 23.4 Å². The van der Waals surface area contributed by atoms with Crippen LogP contribution in [0.15, 0.2) is 22.2 Å². The first-order valence-corrected chi connectivity index (χ1v) is 5.08. The molecule has 0 unspecified atom stereocenters. The summed E-state index contributed by atoms with van der Waals surface area (Å²) < 4.78 is 4.69. The number of hydrogen-bond donors (Lipinski definition) is 2. The number of anilines is 2. The molecule has 6 heteroatoms. The average Bonchev–Trinajstić information content (AvgIpc) is 2.79. The van der Waals surface area contributed by atoms with Gasteiger partial charge < -0.3 is 15.6 Å². The second-order valence-electron chi connectivity index (χ2n) is 2.69. The number of hydrogen-bond acceptors (Lipinski definition) is 6. The van der Waals surface area contributed by atoms with E-state index in [4.69, 9.17) is 5.73 Å². The van der Waals surface area contributed by atoms with Crippen molar-refractivity contribution in [2.24, 2.45) is 5.73 Å². The highest BCUT2D eigenvalue weighted by atomic mass is 32.1. The minimum Gasteiger partial charge on any atom is -0.363 e. The Morgan fingerprint density at radius 1 is 1.57 bits per heavy atom. The zero-order valence-corrected chi connectivity index (χ0v) is 8.25. The Bertz CT molecular complexity index is 384. The molecule has 3 N–H and O–H groups in total. The van der Waals surface area contributed by atoms with Crippen molar-refractivity contribution in [2.45, 2.75) is 6.42 Å². The highest BCUT2D eigenvalue weighted by Gasteiger charge is 2.02. The highest BCUT2D eigenvalue weighted by Crippen LogP contribution is 2.19. The number of nitrogens with zero attached hydrogens (tertiary/aromatic N) is 2. The van der Waals surface area contributed by atoms with Gasteiger partial charge in [-0.1, -0.05) is 5.16 Å². The fourth-order valence-corrected chi connectivity index (χ4v) is 1.77. The van der Waals surface area contributed by atoms with Crippen LogP contribution in [0.25, 0.3) is 0 Å². The zero-order valence-electron chi connectivity index (χ0n) is 7.43. The minimum atomic E-state index is 0.618. The molecule has 0 saturated heterocycles. The van der Waals surface area contributed by atoms with Gasteiger partial charge in [-0.2, -0.15) is 0 Å². The number of aromatic nitrogens is 2. The Balaban J connectivity index is 2.03. The molecule has 2 aromatic rings. The van der Waals surface area contributed by atoms with E-state index in [1.54, 1.807) is 6.07 Å². The van der Waals surface area contributed by atoms with Gasteiger partial charge >= 0.3 is 0 Å². The van der Waals surface area contributed by atoms with E-state index in [0.29, 0.717) is 12.4 Å². The molecule has 0 spiro atoms. The third-order valence-electron chi connectivity index (χ3n) is 1.63. The first-order valence-electron chi connectivity index (χ1n) is 4.20. The lowest BCUT2D eigenvalue weighted by Crippen LogP contribution is -2.02. The highest BCUT2D eigenvalue weighted by molar-refractivity contribution is 7.13. The van der Waals surface area contributed by atoms with Gasteiger partial charge in [0, 0.05) is 17.9 Å². The predicted molar refractivity (Wildman–Crippen MR) is 54.7 cm³/mol. The van der Waals surface area contributed by atoms with Gasteiger partial charge in [0.2, 0.25) is 0 Å². The van der Waals surface area contributed by atoms with Gasteiger partial charge in [0.25, 0.3) is 0 Å². The smallest absolute Gasteiger partial charge is 0.188 e. The van der Waals surface area contributed by atoms with E-state index in [-0.39, 0.29) is 0 Å². The van der Waals surface area contributed by atoms with Crippen molar-refractivity contribution in [1.82, 2.24) is 10.1 Å². The van der Waals surface area contributed by atoms with Crippen LogP contribution in [0, 0.1) is 0 Å². The van der Waals surface area contributed by atoms with Gasteiger partial charge in [-0.25, -0.2) is 4.98 Å². The molecule has 0 aromatic carbocycles. The van der Waals surface area contributed by atoms with E-state index in [2.05, 4.69) is 20.0 Å². The summed E-state index contributed by atoms with van der Waals surface area (Å²) in [5, 5.41) is 9.54. The molecule has 2 rings (SSSR count). The zero-order chi connectivity index (χ0) is 9.80. The summed E-state index contributed by atoms with van der Waals surface area (Å²) in [4.78, 5) is 4.32. The summed E-state index contributed by atoms with van der Waals surface area (Å²) in [6, 6.07) is 1.74. The molecule has 5 nitrogen and oxygen atoms in total. The molecule has 2 heterocycles. The molecule has 14 heavy (non-hydrogen) atoms. The van der Waals surface area contributed by atoms with Crippen LogP contribution >= 0.6 is 11.3 Å². The quantitative estimate of drug-likeness (QED) is 0.797. The molecular weight excluding hydrogens is 200 g/mol. The van der Waals surface area contributed by atoms with Crippen molar-refractivity contribution in [3.8, 4) is 0 Å². The Hall–Kier alpha value is -1.40. The van der Waals surface area contributed by atoms with Crippen LogP contribution in [-0.2, 0) is 6.42 Å². The normalized spacial score (nSPS) is 10.4. The van der Waals surface area contributed by atoms with Crippen molar-refractivity contribution in [2.75, 3.05) is 11.9 Å². The standard InChI is InChI=1S/C8H10N4OS/c9-3-1-6-5-14-8(10-6)11-7-2-4-13-12-7/h2,4-5H,1,3,9H2,(H,10,11,12). The molecule has 0 aliphatic rings. The molecule has 0 fully saturated rings. The SMILES string of the molecule is NCCc1csc(Nc2ccon2)n1. The lowest BCUT2D eigenvalue weighted by molar-refractivity contribution is 0.423. The predicted octanol–water partition coefficient (Wildman–Crippen LogP) is 1.38. The molecular formula is C8H10N4OS. The summed E-state index contributed by atoms with van der Waals surface area (Å²) in [6.07, 6.45) is 2.31. The van der Waals surface area contributed by atoms with Crippen molar-refractivity contribution in [3.63, 3.8) is 0 Å². The average molecular weight is 210 g/mol. The number of nitrogens with one attached hydrogen (secondary N) is 1. The largest absolute Gasteiger partial charge is 0.363 e. The maximum absolute atomic E-state index is 5.42. The summed E-state index contributed by atoms with van der Waals surface area (Å²) in [6.45, 7) is 0.618. The first-order chi connectivity index (χ1) is 6.88. The van der Waals surface area contributed by atoms with E-state index in [1.165, 1.54) is 17.6 Å². The topological polar surface area (TPSA) is 77.0 Å². The number of nitrogens with two attached hydrogens (primary N) is 1. The lowest BCUT2D eigenvalue weighted by Gasteiger charge is -1.94. The van der Waals surface area contributed by atoms with Crippen LogP contribution in [0.5, 0.6) is 0 Å². The molecule has 0 amide bonds. The lowest BCUT2D eigenvalue weighted by atomic mass is 10.3. The Labute approximate surface area is 84.9 Å². The third kappa shape index (κ3) is 2.09. The molecule has 0 saturated carbocycles. The van der Waals surface area contributed by atoms with E-state index >= 15 is 0 Å². The molecule has 0 aliphatic carbocycles. The second kappa shape index (κ2) is 4.21. The summed E-state index contributed by atoms with van der Waals surface area (Å²) in [7, 11) is 0. The van der Waals surface area contributed by atoms with Crippen molar-refractivity contribution in [1.29, 1.82) is 0 Å². The molecule has 0 atom stereocenters. The third-order valence-corrected chi connectivity index (χ3v) is 2.43. The fraction of sp³-hybridized carbons (Fsp3) is 0.250. The van der Waals surface area contributed by atoms with Crippen LogP contribution < -0.4 is 11.1 Å². The van der Waals surface area contributed by atoms with Gasteiger partial charge in [-0.3, -0.25) is 0 Å². The molecule has 0 bridgehead atoms. The van der Waals surface area contributed by atoms with Crippen LogP contribution in [0.2, 0.25) is 0 Å². The van der Waals surface area contributed by atoms with Gasteiger partial charge in [0.15, 0.2) is 10.9 Å². The molecule has 2 aromatic heterocycles. The number of thiazole rings is 1. The fourth-order valence-electron chi connectivity index (χ4n) is 1.01. The monoisotopic (exact) mass is 210 g/mol. The number of rotatable bonds is 4. The Morgan fingerprint density at radius 2 is 2.50 bits per heavy atom. The van der Waals surface area contributed by atoms with E-state index in [0.717, 1.165) is 17.2 Å². The van der Waals surface area contributed by atoms with E-state index < -0.39 is 0 Å². The van der Waals surface area contributed by atoms with Gasteiger partial charge in [0.05, 0.1) is 5.69 Å². The summed E-state index contributed by atoms with van der Waals surface area (Å²) in [5.74, 6) is 0.665. The molecule has 0 radical (unpaired) electrons.